The molecule has 134 valence electrons. The maximum absolute atomic E-state index is 11.0. The van der Waals surface area contributed by atoms with Crippen molar-refractivity contribution in [3.8, 4) is 0 Å². The smallest absolute Gasteiger partial charge is 0.305 e. The molecule has 0 saturated heterocycles. The number of carbonyl (C=O) groups excluding carboxylic acids is 2. The molecule has 0 aliphatic rings. The van der Waals surface area contributed by atoms with E-state index in [1.54, 1.807) is 0 Å². The summed E-state index contributed by atoms with van der Waals surface area (Å²) in [4.78, 5) is 21.8. The lowest BCUT2D eigenvalue weighted by Crippen LogP contribution is -2.14. The second-order valence-corrected chi connectivity index (χ2v) is 6.23. The van der Waals surface area contributed by atoms with Gasteiger partial charge in [0.05, 0.1) is 13.7 Å². The molecule has 0 saturated carbocycles. The van der Waals surface area contributed by atoms with Crippen LogP contribution in [0, 0.1) is 5.92 Å². The molecule has 1 amide bonds. The number of aryl methyl sites for hydroxylation is 1. The molecule has 1 rings (SSSR count). The maximum atomic E-state index is 11.0. The lowest BCUT2D eigenvalue weighted by Gasteiger charge is -2.11. The molecule has 0 aliphatic heterocycles. The number of benzene rings is 1. The zero-order valence-electron chi connectivity index (χ0n) is 14.8. The van der Waals surface area contributed by atoms with E-state index in [1.807, 2.05) is 0 Å². The molecule has 5 nitrogen and oxygen atoms in total. The van der Waals surface area contributed by atoms with Gasteiger partial charge >= 0.3 is 5.97 Å². The van der Waals surface area contributed by atoms with Gasteiger partial charge in [-0.2, -0.15) is 0 Å². The predicted octanol–water partition coefficient (Wildman–Crippen LogP) is 2.99. The number of rotatable bonds is 12. The van der Waals surface area contributed by atoms with Crippen molar-refractivity contribution in [3.63, 3.8) is 0 Å². The van der Waals surface area contributed by atoms with Crippen LogP contribution < -0.4 is 5.73 Å². The largest absolute Gasteiger partial charge is 0.469 e. The highest BCUT2D eigenvalue weighted by molar-refractivity contribution is 5.73. The Morgan fingerprint density at radius 2 is 1.75 bits per heavy atom. The Morgan fingerprint density at radius 3 is 2.38 bits per heavy atom. The Morgan fingerprint density at radius 1 is 1.08 bits per heavy atom. The average Bonchev–Trinajstić information content (AvgIpc) is 2.58. The van der Waals surface area contributed by atoms with E-state index in [9.17, 15) is 9.59 Å². The number of hydrogen-bond donors (Lipinski definition) is 1. The van der Waals surface area contributed by atoms with Crippen LogP contribution in [0.25, 0.3) is 0 Å². The van der Waals surface area contributed by atoms with Gasteiger partial charge in [0.2, 0.25) is 5.91 Å². The first kappa shape index (κ1) is 20.2. The fourth-order valence-electron chi connectivity index (χ4n) is 2.35. The molecule has 2 N–H and O–H groups in total. The quantitative estimate of drug-likeness (QED) is 0.470. The van der Waals surface area contributed by atoms with Gasteiger partial charge in [0, 0.05) is 19.4 Å². The minimum atomic E-state index is -0.260. The van der Waals surface area contributed by atoms with E-state index in [0.717, 1.165) is 31.2 Å². The number of ether oxygens (including phenoxy) is 2. The maximum Gasteiger partial charge on any atom is 0.305 e. The highest BCUT2D eigenvalue weighted by atomic mass is 16.5. The zero-order chi connectivity index (χ0) is 17.8. The molecule has 1 aromatic carbocycles. The molecule has 0 heterocycles. The van der Waals surface area contributed by atoms with Crippen molar-refractivity contribution in [1.82, 2.24) is 0 Å². The molecular formula is C19H29NO4. The fourth-order valence-corrected chi connectivity index (χ4v) is 2.35. The van der Waals surface area contributed by atoms with E-state index >= 15 is 0 Å². The van der Waals surface area contributed by atoms with Crippen molar-refractivity contribution in [2.24, 2.45) is 11.7 Å². The van der Waals surface area contributed by atoms with Gasteiger partial charge in [-0.3, -0.25) is 9.59 Å². The standard InChI is InChI=1S/C19H29NO4/c1-15(7-12-18(20)21)13-24-14-17-10-8-16(9-11-17)5-3-4-6-19(22)23-2/h8-11,15H,3-7,12-14H2,1-2H3,(H2,20,21)/t15-/m0/s1. The number of unbranched alkanes of at least 4 members (excludes halogenated alkanes) is 1. The number of esters is 1. The number of primary amides is 1. The third kappa shape index (κ3) is 9.30. The van der Waals surface area contributed by atoms with Crippen molar-refractivity contribution >= 4 is 11.9 Å². The van der Waals surface area contributed by atoms with Crippen LogP contribution in [0.3, 0.4) is 0 Å². The second kappa shape index (κ2) is 11.6. The van der Waals surface area contributed by atoms with Gasteiger partial charge in [-0.1, -0.05) is 31.2 Å². The van der Waals surface area contributed by atoms with Crippen molar-refractivity contribution in [1.29, 1.82) is 0 Å². The molecule has 1 atom stereocenters. The first-order valence-corrected chi connectivity index (χ1v) is 8.52. The molecule has 5 heteroatoms. The molecular weight excluding hydrogens is 306 g/mol. The van der Waals surface area contributed by atoms with E-state index in [0.29, 0.717) is 32.0 Å². The van der Waals surface area contributed by atoms with Crippen molar-refractivity contribution in [2.75, 3.05) is 13.7 Å². The van der Waals surface area contributed by atoms with E-state index in [2.05, 4.69) is 35.9 Å². The van der Waals surface area contributed by atoms with Gasteiger partial charge in [0.25, 0.3) is 0 Å². The highest BCUT2D eigenvalue weighted by Gasteiger charge is 2.05. The zero-order valence-corrected chi connectivity index (χ0v) is 14.8. The van der Waals surface area contributed by atoms with Gasteiger partial charge in [-0.25, -0.2) is 0 Å². The van der Waals surface area contributed by atoms with Gasteiger partial charge in [-0.15, -0.1) is 0 Å². The number of amides is 1. The normalized spacial score (nSPS) is 11.9. The molecule has 0 spiro atoms. The number of hydrogen-bond acceptors (Lipinski definition) is 4. The summed E-state index contributed by atoms with van der Waals surface area (Å²) >= 11 is 0. The van der Waals surface area contributed by atoms with Gasteiger partial charge in [-0.05, 0) is 42.7 Å². The third-order valence-electron chi connectivity index (χ3n) is 3.90. The Hall–Kier alpha value is -1.88. The average molecular weight is 335 g/mol. The minimum absolute atomic E-state index is 0.146. The summed E-state index contributed by atoms with van der Waals surface area (Å²) in [5.74, 6) is -0.0804. The van der Waals surface area contributed by atoms with Crippen molar-refractivity contribution in [2.45, 2.75) is 52.1 Å². The molecule has 0 radical (unpaired) electrons. The minimum Gasteiger partial charge on any atom is -0.469 e. The summed E-state index contributed by atoms with van der Waals surface area (Å²) < 4.78 is 10.3. The summed E-state index contributed by atoms with van der Waals surface area (Å²) in [5, 5.41) is 0. The van der Waals surface area contributed by atoms with Crippen LogP contribution >= 0.6 is 0 Å². The monoisotopic (exact) mass is 335 g/mol. The van der Waals surface area contributed by atoms with E-state index in [-0.39, 0.29) is 11.9 Å². The van der Waals surface area contributed by atoms with Crippen molar-refractivity contribution < 1.29 is 19.1 Å². The lowest BCUT2D eigenvalue weighted by molar-refractivity contribution is -0.140. The highest BCUT2D eigenvalue weighted by Crippen LogP contribution is 2.11. The summed E-state index contributed by atoms with van der Waals surface area (Å²) in [6, 6.07) is 8.36. The van der Waals surface area contributed by atoms with Crippen molar-refractivity contribution in [3.05, 3.63) is 35.4 Å². The fraction of sp³-hybridized carbons (Fsp3) is 0.579. The Labute approximate surface area is 144 Å². The van der Waals surface area contributed by atoms with Crippen LogP contribution in [0.1, 0.15) is 50.2 Å². The van der Waals surface area contributed by atoms with Gasteiger partial charge in [0.1, 0.15) is 0 Å². The Balaban J connectivity index is 2.20. The third-order valence-corrected chi connectivity index (χ3v) is 3.90. The van der Waals surface area contributed by atoms with E-state index < -0.39 is 0 Å². The predicted molar refractivity (Wildman–Crippen MR) is 93.3 cm³/mol. The van der Waals surface area contributed by atoms with E-state index in [4.69, 9.17) is 10.5 Å². The number of nitrogens with two attached hydrogens (primary N) is 1. The van der Waals surface area contributed by atoms with Crippen LogP contribution in [-0.4, -0.2) is 25.6 Å². The Bertz CT molecular complexity index is 499. The number of carbonyl (C=O) groups is 2. The SMILES string of the molecule is COC(=O)CCCCc1ccc(COC[C@@H](C)CCC(N)=O)cc1. The van der Waals surface area contributed by atoms with Crippen LogP contribution in [0.15, 0.2) is 24.3 Å². The molecule has 0 unspecified atom stereocenters. The molecule has 0 bridgehead atoms. The lowest BCUT2D eigenvalue weighted by atomic mass is 10.1. The Kier molecular flexibility index (Phi) is 9.77. The topological polar surface area (TPSA) is 78.6 Å². The number of methoxy groups -OCH3 is 1. The first-order valence-electron chi connectivity index (χ1n) is 8.52. The molecule has 24 heavy (non-hydrogen) atoms. The van der Waals surface area contributed by atoms with Crippen LogP contribution in [0.4, 0.5) is 0 Å². The summed E-state index contributed by atoms with van der Waals surface area (Å²) in [6.45, 7) is 3.26. The summed E-state index contributed by atoms with van der Waals surface area (Å²) in [5.41, 5.74) is 7.53. The summed E-state index contributed by atoms with van der Waals surface area (Å²) in [6.07, 6.45) is 4.44. The van der Waals surface area contributed by atoms with E-state index in [1.165, 1.54) is 12.7 Å². The van der Waals surface area contributed by atoms with Gasteiger partial charge in [0.15, 0.2) is 0 Å². The molecule has 0 aromatic heterocycles. The van der Waals surface area contributed by atoms with Crippen LogP contribution in [-0.2, 0) is 32.1 Å². The van der Waals surface area contributed by atoms with Gasteiger partial charge < -0.3 is 15.2 Å². The molecule has 1 aromatic rings. The van der Waals surface area contributed by atoms with Crippen LogP contribution in [0.2, 0.25) is 0 Å². The van der Waals surface area contributed by atoms with Crippen LogP contribution in [0.5, 0.6) is 0 Å². The molecule has 0 aliphatic carbocycles. The summed E-state index contributed by atoms with van der Waals surface area (Å²) in [7, 11) is 1.42. The molecule has 0 fully saturated rings. The second-order valence-electron chi connectivity index (χ2n) is 6.23. The first-order chi connectivity index (χ1) is 11.5.